The highest BCUT2D eigenvalue weighted by atomic mass is 32.1. The zero-order valence-corrected chi connectivity index (χ0v) is 11.9. The normalized spacial score (nSPS) is 16.7. The quantitative estimate of drug-likeness (QED) is 0.800. The molecule has 0 radical (unpaired) electrons. The van der Waals surface area contributed by atoms with Crippen molar-refractivity contribution in [3.8, 4) is 0 Å². The minimum atomic E-state index is -0.177. The van der Waals surface area contributed by atoms with E-state index in [1.165, 1.54) is 10.1 Å². The summed E-state index contributed by atoms with van der Waals surface area (Å²) >= 11 is 1.71. The van der Waals surface area contributed by atoms with E-state index in [4.69, 9.17) is 4.74 Å². The van der Waals surface area contributed by atoms with E-state index in [-0.39, 0.29) is 11.9 Å². The molecule has 2 aromatic rings. The van der Waals surface area contributed by atoms with E-state index in [1.807, 2.05) is 19.1 Å². The highest BCUT2D eigenvalue weighted by Crippen LogP contribution is 2.36. The second kappa shape index (κ2) is 5.43. The largest absolute Gasteiger partial charge is 0.370 e. The molecular formula is C16H18O2S. The van der Waals surface area contributed by atoms with E-state index in [1.54, 1.807) is 11.3 Å². The van der Waals surface area contributed by atoms with Crippen LogP contribution in [0.25, 0.3) is 10.1 Å². The molecule has 1 unspecified atom stereocenters. The first-order valence-electron chi connectivity index (χ1n) is 6.89. The van der Waals surface area contributed by atoms with Gasteiger partial charge in [-0.05, 0) is 48.1 Å². The predicted octanol–water partition coefficient (Wildman–Crippen LogP) is 3.83. The van der Waals surface area contributed by atoms with Crippen LogP contribution in [-0.4, -0.2) is 18.5 Å². The molecule has 1 aromatic heterocycles. The maximum absolute atomic E-state index is 12.4. The van der Waals surface area contributed by atoms with Crippen LogP contribution in [0.1, 0.15) is 25.3 Å². The Balaban J connectivity index is 1.78. The Bertz CT molecular complexity index is 583. The summed E-state index contributed by atoms with van der Waals surface area (Å²) in [5.74, 6) is 0.713. The molecule has 0 spiro atoms. The fraction of sp³-hybridized carbons (Fsp3) is 0.438. The zero-order chi connectivity index (χ0) is 13.2. The summed E-state index contributed by atoms with van der Waals surface area (Å²) in [5, 5.41) is 3.32. The van der Waals surface area contributed by atoms with Crippen molar-refractivity contribution in [1.29, 1.82) is 0 Å². The lowest BCUT2D eigenvalue weighted by molar-refractivity contribution is -0.130. The third kappa shape index (κ3) is 2.72. The highest BCUT2D eigenvalue weighted by molar-refractivity contribution is 7.17. The lowest BCUT2D eigenvalue weighted by atomic mass is 10.0. The van der Waals surface area contributed by atoms with Gasteiger partial charge in [-0.15, -0.1) is 11.3 Å². The molecule has 1 aromatic carbocycles. The van der Waals surface area contributed by atoms with Gasteiger partial charge in [0, 0.05) is 17.7 Å². The van der Waals surface area contributed by atoms with Crippen molar-refractivity contribution in [3.63, 3.8) is 0 Å². The van der Waals surface area contributed by atoms with Gasteiger partial charge in [0.15, 0.2) is 5.78 Å². The topological polar surface area (TPSA) is 26.3 Å². The van der Waals surface area contributed by atoms with Crippen molar-refractivity contribution >= 4 is 27.2 Å². The minimum absolute atomic E-state index is 0.177. The number of ether oxygens (including phenoxy) is 1. The van der Waals surface area contributed by atoms with Crippen molar-refractivity contribution in [3.05, 3.63) is 35.2 Å². The molecule has 100 valence electrons. The van der Waals surface area contributed by atoms with Gasteiger partial charge in [0.1, 0.15) is 6.10 Å². The number of hydrogen-bond donors (Lipinski definition) is 0. The van der Waals surface area contributed by atoms with Crippen LogP contribution in [0.3, 0.4) is 0 Å². The Hall–Kier alpha value is -1.19. The first-order chi connectivity index (χ1) is 9.29. The van der Waals surface area contributed by atoms with E-state index in [9.17, 15) is 4.79 Å². The van der Waals surface area contributed by atoms with Crippen LogP contribution < -0.4 is 0 Å². The minimum Gasteiger partial charge on any atom is -0.370 e. The van der Waals surface area contributed by atoms with Crippen LogP contribution in [0.5, 0.6) is 0 Å². The molecule has 2 nitrogen and oxygen atoms in total. The van der Waals surface area contributed by atoms with Crippen LogP contribution in [0.2, 0.25) is 0 Å². The van der Waals surface area contributed by atoms with Gasteiger partial charge in [0.25, 0.3) is 0 Å². The third-order valence-electron chi connectivity index (χ3n) is 3.64. The Labute approximate surface area is 117 Å². The maximum atomic E-state index is 12.4. The monoisotopic (exact) mass is 274 g/mol. The first-order valence-corrected chi connectivity index (χ1v) is 7.77. The molecule has 1 saturated carbocycles. The zero-order valence-electron chi connectivity index (χ0n) is 11.1. The van der Waals surface area contributed by atoms with Gasteiger partial charge < -0.3 is 4.74 Å². The molecule has 0 bridgehead atoms. The molecule has 0 amide bonds. The third-order valence-corrected chi connectivity index (χ3v) is 4.65. The smallest absolute Gasteiger partial charge is 0.166 e. The average Bonchev–Trinajstić information content (AvgIpc) is 3.19. The summed E-state index contributed by atoms with van der Waals surface area (Å²) in [7, 11) is 0. The fourth-order valence-corrected chi connectivity index (χ4v) is 3.49. The number of thiophene rings is 1. The van der Waals surface area contributed by atoms with E-state index in [2.05, 4.69) is 17.5 Å². The molecule has 1 aliphatic rings. The summed E-state index contributed by atoms with van der Waals surface area (Å²) in [6.45, 7) is 2.58. The molecule has 0 saturated heterocycles. The van der Waals surface area contributed by atoms with Gasteiger partial charge >= 0.3 is 0 Å². The molecule has 1 aliphatic carbocycles. The van der Waals surface area contributed by atoms with E-state index in [0.29, 0.717) is 18.9 Å². The molecular weight excluding hydrogens is 256 g/mol. The van der Waals surface area contributed by atoms with Crippen LogP contribution in [0.4, 0.5) is 0 Å². The molecule has 3 rings (SSSR count). The van der Waals surface area contributed by atoms with Crippen molar-refractivity contribution < 1.29 is 9.53 Å². The summed E-state index contributed by atoms with van der Waals surface area (Å²) in [6, 6.07) is 8.28. The standard InChI is InChI=1S/C16H18O2S/c1-2-18-16(11-7-8-11)14(17)9-12-10-19-15-6-4-3-5-13(12)15/h3-6,10-11,16H,2,7-9H2,1H3. The van der Waals surface area contributed by atoms with Gasteiger partial charge in [-0.1, -0.05) is 18.2 Å². The van der Waals surface area contributed by atoms with Crippen molar-refractivity contribution in [1.82, 2.24) is 0 Å². The summed E-state index contributed by atoms with van der Waals surface area (Å²) in [6.07, 6.45) is 2.61. The van der Waals surface area contributed by atoms with Crippen LogP contribution in [0, 0.1) is 5.92 Å². The Kier molecular flexibility index (Phi) is 3.67. The fourth-order valence-electron chi connectivity index (χ4n) is 2.53. The highest BCUT2D eigenvalue weighted by Gasteiger charge is 2.36. The van der Waals surface area contributed by atoms with E-state index < -0.39 is 0 Å². The van der Waals surface area contributed by atoms with Crippen molar-refractivity contribution in [2.75, 3.05) is 6.61 Å². The van der Waals surface area contributed by atoms with Gasteiger partial charge in [0.2, 0.25) is 0 Å². The number of Topliss-reactive ketones (excluding diaryl/α,β-unsaturated/α-hetero) is 1. The lowest BCUT2D eigenvalue weighted by Gasteiger charge is -2.14. The molecule has 0 N–H and O–H groups in total. The molecule has 1 fully saturated rings. The molecule has 0 aliphatic heterocycles. The number of rotatable bonds is 6. The summed E-state index contributed by atoms with van der Waals surface area (Å²) in [5.41, 5.74) is 1.15. The number of ketones is 1. The van der Waals surface area contributed by atoms with Crippen molar-refractivity contribution in [2.45, 2.75) is 32.3 Å². The number of fused-ring (bicyclic) bond motifs is 1. The molecule has 19 heavy (non-hydrogen) atoms. The summed E-state index contributed by atoms with van der Waals surface area (Å²) < 4.78 is 6.90. The Morgan fingerprint density at radius 2 is 2.21 bits per heavy atom. The number of carbonyl (C=O) groups is 1. The molecule has 1 heterocycles. The Morgan fingerprint density at radius 3 is 2.95 bits per heavy atom. The SMILES string of the molecule is CCOC(C(=O)Cc1csc2ccccc12)C1CC1. The second-order valence-corrected chi connectivity index (χ2v) is 6.02. The number of benzene rings is 1. The van der Waals surface area contributed by atoms with Gasteiger partial charge in [0.05, 0.1) is 0 Å². The molecule has 3 heteroatoms. The van der Waals surface area contributed by atoms with Gasteiger partial charge in [-0.3, -0.25) is 4.79 Å². The van der Waals surface area contributed by atoms with Gasteiger partial charge in [-0.2, -0.15) is 0 Å². The van der Waals surface area contributed by atoms with Gasteiger partial charge in [-0.25, -0.2) is 0 Å². The Morgan fingerprint density at radius 1 is 1.42 bits per heavy atom. The predicted molar refractivity (Wildman–Crippen MR) is 78.7 cm³/mol. The second-order valence-electron chi connectivity index (χ2n) is 5.11. The van der Waals surface area contributed by atoms with Crippen LogP contribution in [0.15, 0.2) is 29.6 Å². The summed E-state index contributed by atoms with van der Waals surface area (Å²) in [4.78, 5) is 12.4. The lowest BCUT2D eigenvalue weighted by Crippen LogP contribution is -2.28. The maximum Gasteiger partial charge on any atom is 0.166 e. The van der Waals surface area contributed by atoms with Crippen LogP contribution in [-0.2, 0) is 16.0 Å². The van der Waals surface area contributed by atoms with Crippen LogP contribution >= 0.6 is 11.3 Å². The first kappa shape index (κ1) is 12.8. The number of carbonyl (C=O) groups excluding carboxylic acids is 1. The molecule has 1 atom stereocenters. The van der Waals surface area contributed by atoms with Crippen molar-refractivity contribution in [2.24, 2.45) is 5.92 Å². The van der Waals surface area contributed by atoms with E-state index in [0.717, 1.165) is 18.4 Å². The van der Waals surface area contributed by atoms with E-state index >= 15 is 0 Å². The average molecular weight is 274 g/mol. The number of hydrogen-bond acceptors (Lipinski definition) is 3.